The highest BCUT2D eigenvalue weighted by Gasteiger charge is 2.25. The van der Waals surface area contributed by atoms with Gasteiger partial charge in [-0.25, -0.2) is 15.0 Å². The Morgan fingerprint density at radius 3 is 1.82 bits per heavy atom. The standard InChI is InChI=1S/C56H40N6/c1-2-62-51(49-30-25-41-17-16-40-9-6-32-57-53(40)54(41)61-49)31-26-39-15-21-45(34-52(39)62)44-20-14-38-22-27-46(58-50(38)33-44)36-10-12-37(13-11-36)48-29-24-43-19-18-42-23-28-47(35-7-4-3-5-8-35)59-55(42)56(43)60-48/h3-34,46,51,58H,2H2,1H3. The zero-order chi connectivity index (χ0) is 41.1. The van der Waals surface area contributed by atoms with Crippen LogP contribution in [-0.2, 0) is 0 Å². The van der Waals surface area contributed by atoms with Crippen LogP contribution >= 0.6 is 0 Å². The maximum atomic E-state index is 5.24. The van der Waals surface area contributed by atoms with Crippen molar-refractivity contribution in [3.05, 3.63) is 205 Å². The average Bonchev–Trinajstić information content (AvgIpc) is 3.35. The van der Waals surface area contributed by atoms with Crippen LogP contribution in [0.1, 0.15) is 41.4 Å². The minimum atomic E-state index is 0.00986. The second-order valence-corrected chi connectivity index (χ2v) is 16.2. The van der Waals surface area contributed by atoms with E-state index in [9.17, 15) is 0 Å². The maximum Gasteiger partial charge on any atom is 0.0972 e. The fourth-order valence-corrected chi connectivity index (χ4v) is 9.27. The third-order valence-corrected chi connectivity index (χ3v) is 12.6. The molecule has 0 saturated carbocycles. The summed E-state index contributed by atoms with van der Waals surface area (Å²) in [6.07, 6.45) is 10.9. The van der Waals surface area contributed by atoms with Gasteiger partial charge in [-0.2, -0.15) is 0 Å². The minimum Gasteiger partial charge on any atom is -0.374 e. The summed E-state index contributed by atoms with van der Waals surface area (Å²) in [5, 5.41) is 8.20. The summed E-state index contributed by atoms with van der Waals surface area (Å²) in [7, 11) is 0. The lowest BCUT2D eigenvalue weighted by Crippen LogP contribution is -2.30. The number of rotatable bonds is 6. The normalized spacial score (nSPS) is 15.5. The van der Waals surface area contributed by atoms with Gasteiger partial charge in [-0.05, 0) is 71.1 Å². The lowest BCUT2D eigenvalue weighted by atomic mass is 9.94. The maximum absolute atomic E-state index is 5.24. The number of pyridine rings is 4. The summed E-state index contributed by atoms with van der Waals surface area (Å²) >= 11 is 0. The van der Waals surface area contributed by atoms with Gasteiger partial charge in [-0.1, -0.05) is 152 Å². The molecule has 6 aromatic carbocycles. The molecule has 0 fully saturated rings. The molecule has 4 aromatic heterocycles. The fraction of sp³-hybridized carbons (Fsp3) is 0.0714. The first-order valence-corrected chi connectivity index (χ1v) is 21.3. The van der Waals surface area contributed by atoms with Gasteiger partial charge in [-0.3, -0.25) is 4.98 Å². The summed E-state index contributed by atoms with van der Waals surface area (Å²) in [6, 6.07) is 58.2. The molecule has 0 bridgehead atoms. The molecule has 2 aliphatic rings. The molecule has 0 saturated heterocycles. The average molecular weight is 797 g/mol. The fourth-order valence-electron chi connectivity index (χ4n) is 9.27. The van der Waals surface area contributed by atoms with E-state index in [2.05, 4.69) is 181 Å². The van der Waals surface area contributed by atoms with Gasteiger partial charge in [0.25, 0.3) is 0 Å². The molecule has 294 valence electrons. The summed E-state index contributed by atoms with van der Waals surface area (Å²) in [4.78, 5) is 22.7. The third-order valence-electron chi connectivity index (χ3n) is 12.6. The zero-order valence-electron chi connectivity index (χ0n) is 34.1. The summed E-state index contributed by atoms with van der Waals surface area (Å²) < 4.78 is 0. The van der Waals surface area contributed by atoms with Crippen LogP contribution in [0.3, 0.4) is 0 Å². The number of anilines is 2. The summed E-state index contributed by atoms with van der Waals surface area (Å²) in [5.74, 6) is 0. The number of hydrogen-bond donors (Lipinski definition) is 1. The molecule has 2 aliphatic heterocycles. The Morgan fingerprint density at radius 2 is 1.10 bits per heavy atom. The van der Waals surface area contributed by atoms with Crippen LogP contribution in [0.2, 0.25) is 0 Å². The number of fused-ring (bicyclic) bond motifs is 8. The molecule has 12 rings (SSSR count). The highest BCUT2D eigenvalue weighted by molar-refractivity contribution is 6.04. The number of likely N-dealkylation sites (N-methyl/N-ethyl adjacent to an activating group) is 1. The molecule has 1 N–H and O–H groups in total. The van der Waals surface area contributed by atoms with Crippen LogP contribution in [0.5, 0.6) is 0 Å². The molecule has 10 aromatic rings. The molecular weight excluding hydrogens is 757 g/mol. The molecule has 2 atom stereocenters. The number of nitrogens with one attached hydrogen (secondary N) is 1. The van der Waals surface area contributed by atoms with Crippen LogP contribution in [0.25, 0.3) is 89.4 Å². The number of aromatic nitrogens is 4. The largest absolute Gasteiger partial charge is 0.374 e. The summed E-state index contributed by atoms with van der Waals surface area (Å²) in [6.45, 7) is 3.07. The lowest BCUT2D eigenvalue weighted by molar-refractivity contribution is 0.724. The van der Waals surface area contributed by atoms with Gasteiger partial charge in [-0.15, -0.1) is 0 Å². The molecular formula is C56H40N6. The van der Waals surface area contributed by atoms with Crippen molar-refractivity contribution in [3.8, 4) is 33.6 Å². The van der Waals surface area contributed by atoms with Crippen molar-refractivity contribution >= 4 is 67.1 Å². The van der Waals surface area contributed by atoms with Gasteiger partial charge in [0.1, 0.15) is 0 Å². The van der Waals surface area contributed by atoms with Crippen molar-refractivity contribution in [2.45, 2.75) is 19.0 Å². The molecule has 6 heterocycles. The van der Waals surface area contributed by atoms with E-state index in [4.69, 9.17) is 19.9 Å². The Bertz CT molecular complexity index is 3450. The van der Waals surface area contributed by atoms with Crippen molar-refractivity contribution < 1.29 is 0 Å². The van der Waals surface area contributed by atoms with E-state index in [-0.39, 0.29) is 12.1 Å². The van der Waals surface area contributed by atoms with Crippen molar-refractivity contribution in [3.63, 3.8) is 0 Å². The Balaban J connectivity index is 0.807. The number of nitrogens with zero attached hydrogens (tertiary/aromatic N) is 5. The topological polar surface area (TPSA) is 66.8 Å². The Kier molecular flexibility index (Phi) is 8.49. The third kappa shape index (κ3) is 6.19. The lowest BCUT2D eigenvalue weighted by Gasteiger charge is -2.35. The van der Waals surface area contributed by atoms with E-state index >= 15 is 0 Å². The molecule has 2 unspecified atom stereocenters. The van der Waals surface area contributed by atoms with Crippen LogP contribution in [0.15, 0.2) is 182 Å². The van der Waals surface area contributed by atoms with E-state index in [1.807, 2.05) is 30.5 Å². The van der Waals surface area contributed by atoms with Crippen LogP contribution in [0.4, 0.5) is 11.4 Å². The highest BCUT2D eigenvalue weighted by atomic mass is 15.2. The van der Waals surface area contributed by atoms with Gasteiger partial charge in [0.2, 0.25) is 0 Å². The number of benzene rings is 6. The molecule has 6 nitrogen and oxygen atoms in total. The van der Waals surface area contributed by atoms with Gasteiger partial charge in [0.15, 0.2) is 0 Å². The first-order chi connectivity index (χ1) is 30.6. The predicted octanol–water partition coefficient (Wildman–Crippen LogP) is 13.7. The highest BCUT2D eigenvalue weighted by Crippen LogP contribution is 2.41. The van der Waals surface area contributed by atoms with Crippen molar-refractivity contribution in [1.29, 1.82) is 0 Å². The Morgan fingerprint density at radius 1 is 0.500 bits per heavy atom. The van der Waals surface area contributed by atoms with Gasteiger partial charge in [0.05, 0.1) is 51.2 Å². The van der Waals surface area contributed by atoms with E-state index in [0.29, 0.717) is 0 Å². The summed E-state index contributed by atoms with van der Waals surface area (Å²) in [5.41, 5.74) is 17.0. The van der Waals surface area contributed by atoms with Crippen molar-refractivity contribution in [1.82, 2.24) is 19.9 Å². The molecule has 0 amide bonds. The van der Waals surface area contributed by atoms with Crippen molar-refractivity contribution in [2.75, 3.05) is 16.8 Å². The second-order valence-electron chi connectivity index (χ2n) is 16.2. The first-order valence-electron chi connectivity index (χ1n) is 21.3. The second kappa shape index (κ2) is 14.6. The Hall–Kier alpha value is -7.96. The molecule has 0 radical (unpaired) electrons. The van der Waals surface area contributed by atoms with E-state index in [1.165, 1.54) is 33.5 Å². The monoisotopic (exact) mass is 796 g/mol. The minimum absolute atomic E-state index is 0.00986. The number of hydrogen-bond acceptors (Lipinski definition) is 6. The first kappa shape index (κ1) is 35.9. The van der Waals surface area contributed by atoms with Gasteiger partial charge in [0, 0.05) is 56.8 Å². The van der Waals surface area contributed by atoms with E-state index in [1.54, 1.807) is 0 Å². The van der Waals surface area contributed by atoms with Crippen LogP contribution < -0.4 is 10.2 Å². The molecule has 62 heavy (non-hydrogen) atoms. The van der Waals surface area contributed by atoms with E-state index in [0.717, 1.165) is 84.1 Å². The van der Waals surface area contributed by atoms with E-state index < -0.39 is 0 Å². The molecule has 0 aliphatic carbocycles. The van der Waals surface area contributed by atoms with Crippen LogP contribution in [0, 0.1) is 0 Å². The van der Waals surface area contributed by atoms with Gasteiger partial charge >= 0.3 is 0 Å². The Labute approximate surface area is 359 Å². The zero-order valence-corrected chi connectivity index (χ0v) is 34.1. The smallest absolute Gasteiger partial charge is 0.0972 e. The quantitative estimate of drug-likeness (QED) is 0.169. The molecule has 6 heteroatoms. The molecule has 0 spiro atoms. The van der Waals surface area contributed by atoms with Crippen LogP contribution in [-0.4, -0.2) is 26.5 Å². The SMILES string of the molecule is CCN1c2cc(-c3ccc4c(c3)NC(c3ccc(-c5ccc6ccc7ccc(-c8ccccc8)nc7c6n5)cc3)C=C4)ccc2C=CC1c1ccc2ccc3cccnc3c2n1. The predicted molar refractivity (Wildman–Crippen MR) is 257 cm³/mol. The van der Waals surface area contributed by atoms with Crippen molar-refractivity contribution in [2.24, 2.45) is 0 Å². The van der Waals surface area contributed by atoms with Gasteiger partial charge < -0.3 is 10.2 Å².